The Kier molecular flexibility index (Phi) is 2.66. The summed E-state index contributed by atoms with van der Waals surface area (Å²) in [7, 11) is 0. The minimum absolute atomic E-state index is 0.0933. The quantitative estimate of drug-likeness (QED) is 0.488. The van der Waals surface area contributed by atoms with Gasteiger partial charge in [0.15, 0.2) is 0 Å². The first kappa shape index (κ1) is 10.1. The summed E-state index contributed by atoms with van der Waals surface area (Å²) in [5.74, 6) is -0.0933. The van der Waals surface area contributed by atoms with Gasteiger partial charge >= 0.3 is 0 Å². The number of nitrogens with two attached hydrogens (primary N) is 1. The zero-order valence-electron chi connectivity index (χ0n) is 7.67. The standard InChI is InChI=1S/C9H13ClN2O/c1-6(13)12-9(2)4-3-7(10)8(11)5-9/h3-5,7H,11H2,1-2H3,(H,12,13). The van der Waals surface area contributed by atoms with Gasteiger partial charge in [0.05, 0.1) is 10.9 Å². The second-order valence-corrected chi connectivity index (χ2v) is 3.84. The second kappa shape index (κ2) is 3.42. The van der Waals surface area contributed by atoms with E-state index in [1.54, 1.807) is 12.2 Å². The first-order chi connectivity index (χ1) is 5.93. The molecule has 0 bridgehead atoms. The lowest BCUT2D eigenvalue weighted by Crippen LogP contribution is -2.44. The molecule has 1 rings (SSSR count). The van der Waals surface area contributed by atoms with Gasteiger partial charge < -0.3 is 11.1 Å². The third-order valence-electron chi connectivity index (χ3n) is 1.84. The SMILES string of the molecule is CC(=O)NC1(C)C=CC(Cl)C(N)=C1. The average molecular weight is 201 g/mol. The number of carbonyl (C=O) groups is 1. The predicted octanol–water partition coefficient (Wildman–Crippen LogP) is 0.901. The van der Waals surface area contributed by atoms with E-state index >= 15 is 0 Å². The lowest BCUT2D eigenvalue weighted by molar-refractivity contribution is -0.119. The molecule has 0 radical (unpaired) electrons. The summed E-state index contributed by atoms with van der Waals surface area (Å²) in [5, 5.41) is 2.51. The summed E-state index contributed by atoms with van der Waals surface area (Å²) in [5.41, 5.74) is 5.73. The van der Waals surface area contributed by atoms with Crippen LogP contribution in [0.4, 0.5) is 0 Å². The molecule has 2 unspecified atom stereocenters. The number of alkyl halides is 1. The molecule has 1 aliphatic carbocycles. The molecule has 0 aromatic heterocycles. The fourth-order valence-electron chi connectivity index (χ4n) is 1.33. The molecule has 13 heavy (non-hydrogen) atoms. The molecular formula is C9H13ClN2O. The fraction of sp³-hybridized carbons (Fsp3) is 0.444. The Morgan fingerprint density at radius 2 is 2.38 bits per heavy atom. The van der Waals surface area contributed by atoms with E-state index in [1.165, 1.54) is 6.92 Å². The highest BCUT2D eigenvalue weighted by Crippen LogP contribution is 2.20. The van der Waals surface area contributed by atoms with Crippen LogP contribution in [0.25, 0.3) is 0 Å². The van der Waals surface area contributed by atoms with Crippen LogP contribution in [0.1, 0.15) is 13.8 Å². The van der Waals surface area contributed by atoms with Crippen LogP contribution in [0.2, 0.25) is 0 Å². The highest BCUT2D eigenvalue weighted by Gasteiger charge is 2.24. The van der Waals surface area contributed by atoms with E-state index in [9.17, 15) is 4.79 Å². The number of hydrogen-bond acceptors (Lipinski definition) is 2. The van der Waals surface area contributed by atoms with Crippen molar-refractivity contribution in [3.63, 3.8) is 0 Å². The topological polar surface area (TPSA) is 55.1 Å². The molecule has 4 heteroatoms. The Morgan fingerprint density at radius 1 is 1.77 bits per heavy atom. The van der Waals surface area contributed by atoms with Crippen molar-refractivity contribution in [2.45, 2.75) is 24.8 Å². The average Bonchev–Trinajstić information content (AvgIpc) is 1.96. The van der Waals surface area contributed by atoms with Crippen molar-refractivity contribution in [2.75, 3.05) is 0 Å². The molecule has 72 valence electrons. The Morgan fingerprint density at radius 3 is 2.85 bits per heavy atom. The van der Waals surface area contributed by atoms with Crippen molar-refractivity contribution in [3.8, 4) is 0 Å². The van der Waals surface area contributed by atoms with Crippen molar-refractivity contribution in [2.24, 2.45) is 5.73 Å². The van der Waals surface area contributed by atoms with Crippen LogP contribution >= 0.6 is 11.6 Å². The summed E-state index contributed by atoms with van der Waals surface area (Å²) in [6, 6.07) is 0. The first-order valence-corrected chi connectivity index (χ1v) is 4.47. The lowest BCUT2D eigenvalue weighted by atomic mass is 9.94. The van der Waals surface area contributed by atoms with E-state index in [2.05, 4.69) is 5.32 Å². The summed E-state index contributed by atoms with van der Waals surface area (Å²) < 4.78 is 0. The van der Waals surface area contributed by atoms with Crippen molar-refractivity contribution < 1.29 is 4.79 Å². The van der Waals surface area contributed by atoms with E-state index in [-0.39, 0.29) is 11.3 Å². The molecule has 0 spiro atoms. The molecule has 0 fully saturated rings. The maximum Gasteiger partial charge on any atom is 0.217 e. The van der Waals surface area contributed by atoms with E-state index in [0.29, 0.717) is 5.70 Å². The van der Waals surface area contributed by atoms with E-state index in [1.807, 2.05) is 13.0 Å². The van der Waals surface area contributed by atoms with Gasteiger partial charge in [0, 0.05) is 12.6 Å². The largest absolute Gasteiger partial charge is 0.401 e. The molecular weight excluding hydrogens is 188 g/mol. The van der Waals surface area contributed by atoms with Gasteiger partial charge in [0.25, 0.3) is 0 Å². The van der Waals surface area contributed by atoms with Crippen LogP contribution in [0.5, 0.6) is 0 Å². The smallest absolute Gasteiger partial charge is 0.217 e. The number of carbonyl (C=O) groups excluding carboxylic acids is 1. The molecule has 0 heterocycles. The molecule has 0 aromatic rings. The van der Waals surface area contributed by atoms with Crippen molar-refractivity contribution in [1.29, 1.82) is 0 Å². The third kappa shape index (κ3) is 2.49. The monoisotopic (exact) mass is 200 g/mol. The third-order valence-corrected chi connectivity index (χ3v) is 2.24. The van der Waals surface area contributed by atoms with Gasteiger partial charge in [0.2, 0.25) is 5.91 Å². The van der Waals surface area contributed by atoms with Crippen LogP contribution in [-0.4, -0.2) is 16.8 Å². The molecule has 3 N–H and O–H groups in total. The first-order valence-electron chi connectivity index (χ1n) is 4.03. The van der Waals surface area contributed by atoms with Gasteiger partial charge in [-0.1, -0.05) is 12.2 Å². The minimum atomic E-state index is -0.499. The summed E-state index contributed by atoms with van der Waals surface area (Å²) >= 11 is 5.84. The molecule has 1 aliphatic rings. The number of hydrogen-bond donors (Lipinski definition) is 2. The maximum atomic E-state index is 10.9. The molecule has 1 amide bonds. The summed E-state index contributed by atoms with van der Waals surface area (Å²) in [6.45, 7) is 3.33. The van der Waals surface area contributed by atoms with Crippen LogP contribution in [0.3, 0.4) is 0 Å². The van der Waals surface area contributed by atoms with Gasteiger partial charge in [-0.05, 0) is 13.0 Å². The van der Waals surface area contributed by atoms with Gasteiger partial charge in [-0.3, -0.25) is 4.79 Å². The molecule has 0 aliphatic heterocycles. The van der Waals surface area contributed by atoms with Gasteiger partial charge in [0.1, 0.15) is 0 Å². The van der Waals surface area contributed by atoms with Crippen LogP contribution in [0, 0.1) is 0 Å². The van der Waals surface area contributed by atoms with Crippen molar-refractivity contribution >= 4 is 17.5 Å². The fourth-order valence-corrected chi connectivity index (χ4v) is 1.46. The van der Waals surface area contributed by atoms with E-state index < -0.39 is 5.54 Å². The summed E-state index contributed by atoms with van der Waals surface area (Å²) in [4.78, 5) is 10.9. The van der Waals surface area contributed by atoms with Gasteiger partial charge in [-0.15, -0.1) is 11.6 Å². The molecule has 2 atom stereocenters. The normalized spacial score (nSPS) is 32.5. The highest BCUT2D eigenvalue weighted by molar-refractivity contribution is 6.23. The molecule has 0 saturated carbocycles. The van der Waals surface area contributed by atoms with Crippen LogP contribution in [-0.2, 0) is 4.79 Å². The van der Waals surface area contributed by atoms with Crippen molar-refractivity contribution in [1.82, 2.24) is 5.32 Å². The van der Waals surface area contributed by atoms with E-state index in [0.717, 1.165) is 0 Å². The van der Waals surface area contributed by atoms with Gasteiger partial charge in [-0.2, -0.15) is 0 Å². The lowest BCUT2D eigenvalue weighted by Gasteiger charge is -2.28. The summed E-state index contributed by atoms with van der Waals surface area (Å²) in [6.07, 6.45) is 5.36. The Balaban J connectivity index is 2.82. The number of allylic oxidation sites excluding steroid dienone is 1. The van der Waals surface area contributed by atoms with Crippen molar-refractivity contribution in [3.05, 3.63) is 23.9 Å². The van der Waals surface area contributed by atoms with Crippen LogP contribution in [0.15, 0.2) is 23.9 Å². The Hall–Kier alpha value is -0.960. The van der Waals surface area contributed by atoms with Crippen LogP contribution < -0.4 is 11.1 Å². The molecule has 0 aromatic carbocycles. The molecule has 0 saturated heterocycles. The highest BCUT2D eigenvalue weighted by atomic mass is 35.5. The molecule has 3 nitrogen and oxygen atoms in total. The second-order valence-electron chi connectivity index (χ2n) is 3.37. The van der Waals surface area contributed by atoms with E-state index in [4.69, 9.17) is 17.3 Å². The zero-order chi connectivity index (χ0) is 10.1. The zero-order valence-corrected chi connectivity index (χ0v) is 8.43. The van der Waals surface area contributed by atoms with Gasteiger partial charge in [-0.25, -0.2) is 0 Å². The Labute approximate surface area is 82.6 Å². The number of rotatable bonds is 1. The minimum Gasteiger partial charge on any atom is -0.401 e. The number of nitrogens with one attached hydrogen (secondary N) is 1. The number of halogens is 1. The maximum absolute atomic E-state index is 10.9. The predicted molar refractivity (Wildman–Crippen MR) is 53.3 cm³/mol. The Bertz CT molecular complexity index is 285. The number of amides is 1.